The fourth-order valence-corrected chi connectivity index (χ4v) is 1.02. The van der Waals surface area contributed by atoms with Gasteiger partial charge >= 0.3 is 5.97 Å². The normalized spacial score (nSPS) is 11.5. The second-order valence-corrected chi connectivity index (χ2v) is 2.89. The zero-order valence-electron chi connectivity index (χ0n) is 8.31. The van der Waals surface area contributed by atoms with E-state index in [1.54, 1.807) is 0 Å². The van der Waals surface area contributed by atoms with Gasteiger partial charge in [0.25, 0.3) is 0 Å². The number of esters is 1. The summed E-state index contributed by atoms with van der Waals surface area (Å²) in [6.07, 6.45) is 3.28. The third-order valence-corrected chi connectivity index (χ3v) is 1.84. The molecule has 0 bridgehead atoms. The van der Waals surface area contributed by atoms with Crippen molar-refractivity contribution in [3.63, 3.8) is 0 Å². The van der Waals surface area contributed by atoms with Crippen LogP contribution in [-0.2, 0) is 11.3 Å². The van der Waals surface area contributed by atoms with Crippen LogP contribution in [-0.4, -0.2) is 29.4 Å². The average Bonchev–Trinajstić information content (AvgIpc) is 2.73. The Bertz CT molecular complexity index is 373. The van der Waals surface area contributed by atoms with E-state index >= 15 is 0 Å². The van der Waals surface area contributed by atoms with Gasteiger partial charge in [-0.25, -0.2) is 9.18 Å². The lowest BCUT2D eigenvalue weighted by Crippen LogP contribution is -2.10. The van der Waals surface area contributed by atoms with Gasteiger partial charge in [-0.3, -0.25) is 4.68 Å². The van der Waals surface area contributed by atoms with Gasteiger partial charge in [0.05, 0.1) is 31.7 Å². The molecule has 1 aromatic rings. The summed E-state index contributed by atoms with van der Waals surface area (Å²) in [6, 6.07) is 0. The summed E-state index contributed by atoms with van der Waals surface area (Å²) in [7, 11) is 1.28. The number of ether oxygens (including phenoxy) is 1. The molecule has 0 amide bonds. The second kappa shape index (κ2) is 5.26. The first-order valence-electron chi connectivity index (χ1n) is 4.30. The van der Waals surface area contributed by atoms with Crippen LogP contribution < -0.4 is 5.73 Å². The number of carbonyl (C=O) groups excluding carboxylic acids is 1. The standard InChI is InChI=1S/C9H12FN3O2/c1-15-9(14)8-4-12-13(6-8)5-7(2-10)3-11/h2,4,6H,3,5,11H2,1H3/b7-2+. The Hall–Kier alpha value is -1.69. The Balaban J connectivity index is 2.72. The summed E-state index contributed by atoms with van der Waals surface area (Å²) >= 11 is 0. The lowest BCUT2D eigenvalue weighted by molar-refractivity contribution is 0.0600. The molecule has 5 nitrogen and oxygen atoms in total. The molecule has 0 aliphatic carbocycles. The van der Waals surface area contributed by atoms with Gasteiger partial charge < -0.3 is 10.5 Å². The summed E-state index contributed by atoms with van der Waals surface area (Å²) in [6.45, 7) is 0.341. The van der Waals surface area contributed by atoms with Gasteiger partial charge in [0.2, 0.25) is 0 Å². The van der Waals surface area contributed by atoms with Crippen molar-refractivity contribution in [3.05, 3.63) is 29.9 Å². The molecular weight excluding hydrogens is 201 g/mol. The molecule has 1 aromatic heterocycles. The lowest BCUT2D eigenvalue weighted by Gasteiger charge is -2.01. The minimum absolute atomic E-state index is 0.115. The maximum Gasteiger partial charge on any atom is 0.341 e. The van der Waals surface area contributed by atoms with Crippen molar-refractivity contribution in [2.24, 2.45) is 5.73 Å². The molecule has 0 radical (unpaired) electrons. The number of hydrogen-bond donors (Lipinski definition) is 1. The first kappa shape index (κ1) is 11.4. The maximum atomic E-state index is 12.2. The van der Waals surface area contributed by atoms with Gasteiger partial charge in [0.15, 0.2) is 0 Å². The van der Waals surface area contributed by atoms with Gasteiger partial charge in [0.1, 0.15) is 0 Å². The van der Waals surface area contributed by atoms with Crippen molar-refractivity contribution in [2.45, 2.75) is 6.54 Å². The molecule has 0 saturated carbocycles. The summed E-state index contributed by atoms with van der Waals surface area (Å²) in [5, 5.41) is 3.87. The number of rotatable bonds is 4. The fourth-order valence-electron chi connectivity index (χ4n) is 1.02. The van der Waals surface area contributed by atoms with E-state index in [0.29, 0.717) is 17.5 Å². The zero-order valence-corrected chi connectivity index (χ0v) is 8.31. The largest absolute Gasteiger partial charge is 0.465 e. The molecular formula is C9H12FN3O2. The number of nitrogens with zero attached hydrogens (tertiary/aromatic N) is 2. The third kappa shape index (κ3) is 2.88. The van der Waals surface area contributed by atoms with Crippen LogP contribution in [0, 0.1) is 0 Å². The van der Waals surface area contributed by atoms with Crippen molar-refractivity contribution in [1.29, 1.82) is 0 Å². The number of aromatic nitrogens is 2. The highest BCUT2D eigenvalue weighted by Gasteiger charge is 2.08. The van der Waals surface area contributed by atoms with Gasteiger partial charge in [-0.2, -0.15) is 5.10 Å². The summed E-state index contributed by atoms with van der Waals surface area (Å²) < 4.78 is 18.1. The molecule has 15 heavy (non-hydrogen) atoms. The molecule has 0 saturated heterocycles. The Morgan fingerprint density at radius 1 is 1.80 bits per heavy atom. The van der Waals surface area contributed by atoms with E-state index < -0.39 is 5.97 Å². The molecule has 82 valence electrons. The number of methoxy groups -OCH3 is 1. The number of hydrogen-bond acceptors (Lipinski definition) is 4. The van der Waals surface area contributed by atoms with Crippen LogP contribution in [0.5, 0.6) is 0 Å². The van der Waals surface area contributed by atoms with Crippen molar-refractivity contribution in [2.75, 3.05) is 13.7 Å². The highest BCUT2D eigenvalue weighted by Crippen LogP contribution is 2.03. The quantitative estimate of drug-likeness (QED) is 0.738. The maximum absolute atomic E-state index is 12.2. The van der Waals surface area contributed by atoms with Gasteiger partial charge in [-0.05, 0) is 5.57 Å². The van der Waals surface area contributed by atoms with Crippen molar-refractivity contribution in [3.8, 4) is 0 Å². The Kier molecular flexibility index (Phi) is 3.99. The molecule has 0 aliphatic heterocycles. The highest BCUT2D eigenvalue weighted by atomic mass is 19.1. The topological polar surface area (TPSA) is 70.1 Å². The summed E-state index contributed by atoms with van der Waals surface area (Å²) in [4.78, 5) is 11.1. The monoisotopic (exact) mass is 213 g/mol. The summed E-state index contributed by atoms with van der Waals surface area (Å²) in [5.74, 6) is -0.472. The molecule has 0 unspecified atom stereocenters. The second-order valence-electron chi connectivity index (χ2n) is 2.89. The lowest BCUT2D eigenvalue weighted by atomic mass is 10.3. The van der Waals surface area contributed by atoms with Crippen LogP contribution in [0.4, 0.5) is 4.39 Å². The molecule has 1 rings (SSSR count). The minimum atomic E-state index is -0.472. The molecule has 2 N–H and O–H groups in total. The van der Waals surface area contributed by atoms with Crippen LogP contribution in [0.25, 0.3) is 0 Å². The van der Waals surface area contributed by atoms with Gasteiger partial charge in [0, 0.05) is 12.7 Å². The van der Waals surface area contributed by atoms with Crippen molar-refractivity contribution in [1.82, 2.24) is 9.78 Å². The van der Waals surface area contributed by atoms with Gasteiger partial charge in [-0.15, -0.1) is 0 Å². The van der Waals surface area contributed by atoms with Crippen LogP contribution in [0.3, 0.4) is 0 Å². The molecule has 0 fully saturated rings. The smallest absolute Gasteiger partial charge is 0.341 e. The van der Waals surface area contributed by atoms with Crippen LogP contribution in [0.15, 0.2) is 24.3 Å². The minimum Gasteiger partial charge on any atom is -0.465 e. The molecule has 0 atom stereocenters. The molecule has 1 heterocycles. The van der Waals surface area contributed by atoms with E-state index in [9.17, 15) is 9.18 Å². The van der Waals surface area contributed by atoms with Crippen molar-refractivity contribution >= 4 is 5.97 Å². The molecule has 0 aliphatic rings. The van der Waals surface area contributed by atoms with E-state index in [2.05, 4.69) is 9.84 Å². The average molecular weight is 213 g/mol. The molecule has 0 spiro atoms. The first-order chi connectivity index (χ1) is 7.21. The third-order valence-electron chi connectivity index (χ3n) is 1.84. The van der Waals surface area contributed by atoms with E-state index in [-0.39, 0.29) is 13.1 Å². The van der Waals surface area contributed by atoms with Crippen LogP contribution >= 0.6 is 0 Å². The first-order valence-corrected chi connectivity index (χ1v) is 4.30. The van der Waals surface area contributed by atoms with E-state index in [1.165, 1.54) is 24.2 Å². The predicted molar refractivity (Wildman–Crippen MR) is 51.8 cm³/mol. The molecule has 6 heteroatoms. The molecule has 0 aromatic carbocycles. The zero-order chi connectivity index (χ0) is 11.3. The van der Waals surface area contributed by atoms with Crippen LogP contribution in [0.2, 0.25) is 0 Å². The number of carbonyl (C=O) groups is 1. The number of halogens is 1. The number of nitrogens with two attached hydrogens (primary N) is 1. The fraction of sp³-hybridized carbons (Fsp3) is 0.333. The predicted octanol–water partition coefficient (Wildman–Crippen LogP) is 0.482. The Morgan fingerprint density at radius 2 is 2.53 bits per heavy atom. The Morgan fingerprint density at radius 3 is 3.07 bits per heavy atom. The van der Waals surface area contributed by atoms with Crippen molar-refractivity contribution < 1.29 is 13.9 Å². The van der Waals surface area contributed by atoms with E-state index in [4.69, 9.17) is 5.73 Å². The highest BCUT2D eigenvalue weighted by molar-refractivity contribution is 5.88. The van der Waals surface area contributed by atoms with Gasteiger partial charge in [-0.1, -0.05) is 0 Å². The Labute approximate surface area is 86.3 Å². The summed E-state index contributed by atoms with van der Waals surface area (Å²) in [5.41, 5.74) is 6.01. The van der Waals surface area contributed by atoms with E-state index in [1.807, 2.05) is 0 Å². The van der Waals surface area contributed by atoms with Crippen LogP contribution in [0.1, 0.15) is 10.4 Å². The SMILES string of the molecule is COC(=O)c1cnn(C/C(=C/F)CN)c1. The van der Waals surface area contributed by atoms with E-state index in [0.717, 1.165) is 0 Å².